The number of benzene rings is 1. The summed E-state index contributed by atoms with van der Waals surface area (Å²) in [5, 5.41) is 3.08. The van der Waals surface area contributed by atoms with Crippen molar-refractivity contribution in [1.29, 1.82) is 0 Å². The van der Waals surface area contributed by atoms with Crippen LogP contribution in [-0.4, -0.2) is 9.97 Å². The summed E-state index contributed by atoms with van der Waals surface area (Å²) in [6, 6.07) is 7.74. The maximum atomic E-state index is 13.6. The molecular formula is C12H9ClFN3S. The van der Waals surface area contributed by atoms with E-state index in [0.29, 0.717) is 11.4 Å². The molecule has 6 heteroatoms. The SMILES string of the molecule is NC(=S)c1ccnc(Nc2c(F)cccc2Cl)c1. The zero-order valence-electron chi connectivity index (χ0n) is 9.15. The van der Waals surface area contributed by atoms with Crippen LogP contribution in [-0.2, 0) is 0 Å². The third-order valence-electron chi connectivity index (χ3n) is 2.26. The van der Waals surface area contributed by atoms with Gasteiger partial charge < -0.3 is 11.1 Å². The number of para-hydroxylation sites is 1. The molecule has 0 atom stereocenters. The zero-order valence-corrected chi connectivity index (χ0v) is 10.7. The summed E-state index contributed by atoms with van der Waals surface area (Å²) < 4.78 is 13.6. The number of nitrogens with one attached hydrogen (secondary N) is 1. The molecule has 3 N–H and O–H groups in total. The normalized spacial score (nSPS) is 10.1. The van der Waals surface area contributed by atoms with E-state index in [1.807, 2.05) is 0 Å². The van der Waals surface area contributed by atoms with Crippen LogP contribution in [0.2, 0.25) is 5.02 Å². The Morgan fingerprint density at radius 2 is 2.17 bits per heavy atom. The molecule has 0 saturated heterocycles. The maximum Gasteiger partial charge on any atom is 0.148 e. The Kier molecular flexibility index (Phi) is 3.74. The standard InChI is InChI=1S/C12H9ClFN3S/c13-8-2-1-3-9(14)11(8)17-10-6-7(12(15)18)4-5-16-10/h1-6H,(H2,15,18)(H,16,17). The fraction of sp³-hybridized carbons (Fsp3) is 0. The third kappa shape index (κ3) is 2.75. The van der Waals surface area contributed by atoms with Crippen LogP contribution in [0.4, 0.5) is 15.9 Å². The van der Waals surface area contributed by atoms with Crippen molar-refractivity contribution in [2.75, 3.05) is 5.32 Å². The van der Waals surface area contributed by atoms with E-state index in [-0.39, 0.29) is 15.7 Å². The van der Waals surface area contributed by atoms with Gasteiger partial charge in [-0.15, -0.1) is 0 Å². The van der Waals surface area contributed by atoms with E-state index >= 15 is 0 Å². The Morgan fingerprint density at radius 3 is 2.83 bits per heavy atom. The van der Waals surface area contributed by atoms with Gasteiger partial charge in [0.25, 0.3) is 0 Å². The first-order valence-corrected chi connectivity index (χ1v) is 5.83. The second kappa shape index (κ2) is 5.29. The predicted octanol–water partition coefficient (Wildman–Crippen LogP) is 3.25. The van der Waals surface area contributed by atoms with Crippen molar-refractivity contribution >= 4 is 40.3 Å². The third-order valence-corrected chi connectivity index (χ3v) is 2.81. The van der Waals surface area contributed by atoms with Gasteiger partial charge in [-0.2, -0.15) is 0 Å². The molecule has 0 unspecified atom stereocenters. The summed E-state index contributed by atoms with van der Waals surface area (Å²) in [5.41, 5.74) is 6.33. The molecule has 2 aromatic rings. The predicted molar refractivity (Wildman–Crippen MR) is 74.8 cm³/mol. The van der Waals surface area contributed by atoms with E-state index in [2.05, 4.69) is 10.3 Å². The minimum Gasteiger partial charge on any atom is -0.389 e. The smallest absolute Gasteiger partial charge is 0.148 e. The first kappa shape index (κ1) is 12.7. The van der Waals surface area contributed by atoms with E-state index in [1.165, 1.54) is 18.3 Å². The Hall–Kier alpha value is -1.72. The summed E-state index contributed by atoms with van der Waals surface area (Å²) in [5.74, 6) is -0.0303. The van der Waals surface area contributed by atoms with Crippen LogP contribution in [0.3, 0.4) is 0 Å². The average Bonchev–Trinajstić information content (AvgIpc) is 2.34. The number of nitrogens with two attached hydrogens (primary N) is 1. The van der Waals surface area contributed by atoms with E-state index in [1.54, 1.807) is 18.2 Å². The van der Waals surface area contributed by atoms with Crippen molar-refractivity contribution in [3.63, 3.8) is 0 Å². The Morgan fingerprint density at radius 1 is 1.39 bits per heavy atom. The van der Waals surface area contributed by atoms with E-state index < -0.39 is 5.82 Å². The highest BCUT2D eigenvalue weighted by Crippen LogP contribution is 2.27. The van der Waals surface area contributed by atoms with Crippen molar-refractivity contribution in [3.05, 3.63) is 52.9 Å². The number of rotatable bonds is 3. The molecule has 3 nitrogen and oxygen atoms in total. The fourth-order valence-corrected chi connectivity index (χ4v) is 1.73. The lowest BCUT2D eigenvalue weighted by molar-refractivity contribution is 0.632. The monoisotopic (exact) mass is 281 g/mol. The van der Waals surface area contributed by atoms with Gasteiger partial charge in [0.15, 0.2) is 0 Å². The van der Waals surface area contributed by atoms with Crippen molar-refractivity contribution in [2.45, 2.75) is 0 Å². The van der Waals surface area contributed by atoms with Crippen molar-refractivity contribution in [1.82, 2.24) is 4.98 Å². The summed E-state index contributed by atoms with van der Waals surface area (Å²) in [6.07, 6.45) is 1.53. The van der Waals surface area contributed by atoms with Crippen molar-refractivity contribution in [3.8, 4) is 0 Å². The highest BCUT2D eigenvalue weighted by atomic mass is 35.5. The molecule has 0 amide bonds. The minimum absolute atomic E-state index is 0.173. The van der Waals surface area contributed by atoms with Crippen LogP contribution in [0.1, 0.15) is 5.56 Å². The van der Waals surface area contributed by atoms with E-state index in [9.17, 15) is 4.39 Å². The number of anilines is 2. The quantitative estimate of drug-likeness (QED) is 0.848. The number of nitrogens with zero attached hydrogens (tertiary/aromatic N) is 1. The number of pyridine rings is 1. The second-order valence-electron chi connectivity index (χ2n) is 3.52. The first-order valence-electron chi connectivity index (χ1n) is 5.05. The molecule has 1 aromatic carbocycles. The van der Waals surface area contributed by atoms with Crippen LogP contribution in [0.5, 0.6) is 0 Å². The number of hydrogen-bond donors (Lipinski definition) is 2. The van der Waals surface area contributed by atoms with Gasteiger partial charge in [-0.1, -0.05) is 29.9 Å². The Balaban J connectivity index is 2.34. The summed E-state index contributed by atoms with van der Waals surface area (Å²) >= 11 is 10.8. The molecule has 0 saturated carbocycles. The zero-order chi connectivity index (χ0) is 13.1. The van der Waals surface area contributed by atoms with Crippen LogP contribution in [0.25, 0.3) is 0 Å². The van der Waals surface area contributed by atoms with Gasteiger partial charge in [-0.05, 0) is 24.3 Å². The van der Waals surface area contributed by atoms with Crippen LogP contribution < -0.4 is 11.1 Å². The van der Waals surface area contributed by atoms with Gasteiger partial charge in [0, 0.05) is 11.8 Å². The Bertz CT molecular complexity index is 583. The lowest BCUT2D eigenvalue weighted by Gasteiger charge is -2.09. The summed E-state index contributed by atoms with van der Waals surface area (Å²) in [7, 11) is 0. The summed E-state index contributed by atoms with van der Waals surface area (Å²) in [4.78, 5) is 4.30. The molecule has 0 aliphatic heterocycles. The lowest BCUT2D eigenvalue weighted by Crippen LogP contribution is -2.10. The largest absolute Gasteiger partial charge is 0.389 e. The highest BCUT2D eigenvalue weighted by Gasteiger charge is 2.08. The maximum absolute atomic E-state index is 13.6. The average molecular weight is 282 g/mol. The molecule has 0 aliphatic rings. The molecule has 2 rings (SSSR count). The molecular weight excluding hydrogens is 273 g/mol. The van der Waals surface area contributed by atoms with Gasteiger partial charge >= 0.3 is 0 Å². The molecule has 0 radical (unpaired) electrons. The fourth-order valence-electron chi connectivity index (χ4n) is 1.40. The van der Waals surface area contributed by atoms with Crippen molar-refractivity contribution in [2.24, 2.45) is 5.73 Å². The van der Waals surface area contributed by atoms with Gasteiger partial charge in [0.05, 0.1) is 10.7 Å². The highest BCUT2D eigenvalue weighted by molar-refractivity contribution is 7.80. The number of thiocarbonyl (C=S) groups is 1. The van der Waals surface area contributed by atoms with Crippen LogP contribution in [0.15, 0.2) is 36.5 Å². The van der Waals surface area contributed by atoms with Crippen LogP contribution >= 0.6 is 23.8 Å². The number of hydrogen-bond acceptors (Lipinski definition) is 3. The molecule has 18 heavy (non-hydrogen) atoms. The molecule has 0 aliphatic carbocycles. The molecule has 1 heterocycles. The van der Waals surface area contributed by atoms with Gasteiger partial charge in [-0.3, -0.25) is 0 Å². The Labute approximate surface area is 114 Å². The minimum atomic E-state index is -0.454. The van der Waals surface area contributed by atoms with Gasteiger partial charge in [0.2, 0.25) is 0 Å². The van der Waals surface area contributed by atoms with Gasteiger partial charge in [0.1, 0.15) is 16.6 Å². The number of aromatic nitrogens is 1. The van der Waals surface area contributed by atoms with Gasteiger partial charge in [-0.25, -0.2) is 9.37 Å². The molecule has 0 fully saturated rings. The van der Waals surface area contributed by atoms with Crippen molar-refractivity contribution < 1.29 is 4.39 Å². The summed E-state index contributed by atoms with van der Waals surface area (Å²) in [6.45, 7) is 0. The molecule has 1 aromatic heterocycles. The molecule has 92 valence electrons. The lowest BCUT2D eigenvalue weighted by atomic mass is 10.2. The van der Waals surface area contributed by atoms with E-state index in [0.717, 1.165) is 0 Å². The van der Waals surface area contributed by atoms with Crippen LogP contribution in [0, 0.1) is 5.82 Å². The topological polar surface area (TPSA) is 50.9 Å². The number of halogens is 2. The molecule has 0 bridgehead atoms. The molecule has 0 spiro atoms. The van der Waals surface area contributed by atoms with E-state index in [4.69, 9.17) is 29.6 Å². The first-order chi connectivity index (χ1) is 8.58. The second-order valence-corrected chi connectivity index (χ2v) is 4.36.